The molecule has 8 heteroatoms. The highest BCUT2D eigenvalue weighted by atomic mass is 35.5. The number of nitrogens with two attached hydrogens (primary N) is 1. The maximum absolute atomic E-state index is 14.0. The van der Waals surface area contributed by atoms with Crippen molar-refractivity contribution in [3.05, 3.63) is 23.0 Å². The molecule has 2 rings (SSSR count). The van der Waals surface area contributed by atoms with Crippen molar-refractivity contribution in [2.75, 3.05) is 18.8 Å². The van der Waals surface area contributed by atoms with Crippen LogP contribution in [0, 0.1) is 5.82 Å². The average molecular weight is 337 g/mol. The van der Waals surface area contributed by atoms with Crippen LogP contribution in [-0.2, 0) is 10.0 Å². The first-order valence-electron chi connectivity index (χ1n) is 6.60. The minimum Gasteiger partial charge on any atom is -0.399 e. The van der Waals surface area contributed by atoms with Gasteiger partial charge in [-0.05, 0) is 38.3 Å². The normalized spacial score (nSPS) is 24.8. The molecule has 0 aromatic heterocycles. The van der Waals surface area contributed by atoms with E-state index in [9.17, 15) is 17.9 Å². The molecule has 0 amide bonds. The van der Waals surface area contributed by atoms with Crippen LogP contribution in [0.25, 0.3) is 0 Å². The summed E-state index contributed by atoms with van der Waals surface area (Å²) >= 11 is 5.66. The summed E-state index contributed by atoms with van der Waals surface area (Å²) in [5.74, 6) is -0.998. The summed E-state index contributed by atoms with van der Waals surface area (Å²) in [6.45, 7) is 2.02. The number of sulfonamides is 1. The molecule has 21 heavy (non-hydrogen) atoms. The summed E-state index contributed by atoms with van der Waals surface area (Å²) in [4.78, 5) is -0.519. The number of nitrogen functional groups attached to an aromatic ring is 1. The van der Waals surface area contributed by atoms with Crippen molar-refractivity contribution in [3.8, 4) is 0 Å². The van der Waals surface area contributed by atoms with Crippen LogP contribution < -0.4 is 5.73 Å². The van der Waals surface area contributed by atoms with Gasteiger partial charge in [-0.2, -0.15) is 4.31 Å². The number of halogens is 2. The van der Waals surface area contributed by atoms with Crippen molar-refractivity contribution in [3.63, 3.8) is 0 Å². The molecule has 0 aliphatic carbocycles. The van der Waals surface area contributed by atoms with Gasteiger partial charge in [0.15, 0.2) is 5.82 Å². The van der Waals surface area contributed by atoms with Gasteiger partial charge in [0.25, 0.3) is 0 Å². The lowest BCUT2D eigenvalue weighted by Crippen LogP contribution is -2.34. The third-order valence-electron chi connectivity index (χ3n) is 3.66. The zero-order valence-corrected chi connectivity index (χ0v) is 13.2. The Balaban J connectivity index is 2.39. The van der Waals surface area contributed by atoms with Crippen molar-refractivity contribution in [1.29, 1.82) is 0 Å². The lowest BCUT2D eigenvalue weighted by atomic mass is 9.98. The van der Waals surface area contributed by atoms with Crippen LogP contribution >= 0.6 is 11.6 Å². The first-order valence-corrected chi connectivity index (χ1v) is 8.42. The van der Waals surface area contributed by atoms with E-state index in [0.29, 0.717) is 19.3 Å². The first kappa shape index (κ1) is 16.5. The maximum atomic E-state index is 14.0. The molecule has 1 saturated heterocycles. The Morgan fingerprint density at radius 3 is 2.71 bits per heavy atom. The largest absolute Gasteiger partial charge is 0.399 e. The maximum Gasteiger partial charge on any atom is 0.246 e. The zero-order valence-electron chi connectivity index (χ0n) is 11.6. The number of aliphatic hydroxyl groups is 1. The predicted molar refractivity (Wildman–Crippen MR) is 79.1 cm³/mol. The molecule has 118 valence electrons. The smallest absolute Gasteiger partial charge is 0.246 e. The second kappa shape index (κ2) is 5.72. The number of benzene rings is 1. The second-order valence-corrected chi connectivity index (χ2v) is 7.88. The van der Waals surface area contributed by atoms with Gasteiger partial charge in [0, 0.05) is 18.8 Å². The molecule has 1 heterocycles. The second-order valence-electron chi connectivity index (χ2n) is 5.57. The van der Waals surface area contributed by atoms with Gasteiger partial charge in [0.2, 0.25) is 10.0 Å². The van der Waals surface area contributed by atoms with Crippen LogP contribution in [-0.4, -0.2) is 36.5 Å². The number of hydrogen-bond donors (Lipinski definition) is 2. The fourth-order valence-corrected chi connectivity index (χ4v) is 4.27. The molecule has 1 aromatic rings. The van der Waals surface area contributed by atoms with E-state index in [0.717, 1.165) is 6.07 Å². The van der Waals surface area contributed by atoms with Crippen molar-refractivity contribution in [2.45, 2.75) is 36.7 Å². The van der Waals surface area contributed by atoms with E-state index >= 15 is 0 Å². The van der Waals surface area contributed by atoms with Gasteiger partial charge in [0.05, 0.1) is 10.6 Å². The predicted octanol–water partition coefficient (Wildman–Crippen LogP) is 1.99. The summed E-state index contributed by atoms with van der Waals surface area (Å²) in [5.41, 5.74) is 4.73. The van der Waals surface area contributed by atoms with Crippen molar-refractivity contribution in [1.82, 2.24) is 4.31 Å². The van der Waals surface area contributed by atoms with Crippen LogP contribution in [0.3, 0.4) is 0 Å². The lowest BCUT2D eigenvalue weighted by molar-refractivity contribution is 0.0465. The number of nitrogens with zero attached hydrogens (tertiary/aromatic N) is 1. The minimum absolute atomic E-state index is 0.0850. The molecule has 1 atom stereocenters. The number of hydrogen-bond acceptors (Lipinski definition) is 4. The van der Waals surface area contributed by atoms with E-state index in [1.165, 1.54) is 10.4 Å². The topological polar surface area (TPSA) is 83.6 Å². The highest BCUT2D eigenvalue weighted by molar-refractivity contribution is 7.89. The fraction of sp³-hybridized carbons (Fsp3) is 0.538. The lowest BCUT2D eigenvalue weighted by Gasteiger charge is -2.22. The Bertz CT molecular complexity index is 649. The molecular weight excluding hydrogens is 319 g/mol. The van der Waals surface area contributed by atoms with E-state index in [4.69, 9.17) is 17.3 Å². The molecule has 1 aliphatic heterocycles. The third-order valence-corrected chi connectivity index (χ3v) is 5.83. The molecule has 0 radical (unpaired) electrons. The Morgan fingerprint density at radius 2 is 2.05 bits per heavy atom. The highest BCUT2D eigenvalue weighted by Gasteiger charge is 2.33. The van der Waals surface area contributed by atoms with E-state index in [1.807, 2.05) is 0 Å². The number of rotatable bonds is 2. The highest BCUT2D eigenvalue weighted by Crippen LogP contribution is 2.30. The van der Waals surface area contributed by atoms with E-state index in [2.05, 4.69) is 0 Å². The van der Waals surface area contributed by atoms with Gasteiger partial charge < -0.3 is 10.8 Å². The zero-order chi connectivity index (χ0) is 15.8. The van der Waals surface area contributed by atoms with Crippen LogP contribution in [0.2, 0.25) is 5.02 Å². The van der Waals surface area contributed by atoms with Crippen molar-refractivity contribution in [2.24, 2.45) is 0 Å². The van der Waals surface area contributed by atoms with Gasteiger partial charge in [-0.25, -0.2) is 12.8 Å². The fourth-order valence-electron chi connectivity index (χ4n) is 2.39. The van der Waals surface area contributed by atoms with Gasteiger partial charge >= 0.3 is 0 Å². The summed E-state index contributed by atoms with van der Waals surface area (Å²) in [7, 11) is -4.03. The van der Waals surface area contributed by atoms with Crippen LogP contribution in [0.1, 0.15) is 26.2 Å². The Kier molecular flexibility index (Phi) is 4.49. The van der Waals surface area contributed by atoms with Crippen molar-refractivity contribution < 1.29 is 17.9 Å². The molecule has 3 N–H and O–H groups in total. The van der Waals surface area contributed by atoms with Gasteiger partial charge in [0.1, 0.15) is 4.90 Å². The third kappa shape index (κ3) is 3.48. The average Bonchev–Trinajstić information content (AvgIpc) is 2.55. The first-order chi connectivity index (χ1) is 9.63. The van der Waals surface area contributed by atoms with E-state index in [1.54, 1.807) is 6.92 Å². The molecule has 1 fully saturated rings. The summed E-state index contributed by atoms with van der Waals surface area (Å²) in [6.07, 6.45) is 1.30. The van der Waals surface area contributed by atoms with Gasteiger partial charge in [-0.3, -0.25) is 0 Å². The standard InChI is InChI=1S/C13H18ClFN2O3S/c1-13(18)3-2-5-17(6-4-13)21(19,20)11-8-9(16)7-10(14)12(11)15/h7-8,18H,2-6,16H2,1H3. The summed E-state index contributed by atoms with van der Waals surface area (Å²) in [6, 6.07) is 2.24. The molecule has 1 unspecified atom stereocenters. The molecule has 1 aromatic carbocycles. The molecule has 0 bridgehead atoms. The Hall–Kier alpha value is -0.890. The Labute approximate surface area is 128 Å². The SMILES string of the molecule is CC1(O)CCCN(S(=O)(=O)c2cc(N)cc(Cl)c2F)CC1. The molecule has 0 spiro atoms. The Morgan fingerprint density at radius 1 is 1.38 bits per heavy atom. The van der Waals surface area contributed by atoms with E-state index in [-0.39, 0.29) is 23.8 Å². The molecular formula is C13H18ClFN2O3S. The summed E-state index contributed by atoms with van der Waals surface area (Å²) in [5, 5.41) is 9.69. The van der Waals surface area contributed by atoms with Gasteiger partial charge in [-0.1, -0.05) is 11.6 Å². The minimum atomic E-state index is -4.03. The van der Waals surface area contributed by atoms with Crippen molar-refractivity contribution >= 4 is 27.3 Å². The summed E-state index contributed by atoms with van der Waals surface area (Å²) < 4.78 is 40.3. The monoisotopic (exact) mass is 336 g/mol. The van der Waals surface area contributed by atoms with Gasteiger partial charge in [-0.15, -0.1) is 0 Å². The molecule has 5 nitrogen and oxygen atoms in total. The van der Waals surface area contributed by atoms with Crippen LogP contribution in [0.4, 0.5) is 10.1 Å². The number of anilines is 1. The van der Waals surface area contributed by atoms with Crippen LogP contribution in [0.15, 0.2) is 17.0 Å². The van der Waals surface area contributed by atoms with Crippen LogP contribution in [0.5, 0.6) is 0 Å². The van der Waals surface area contributed by atoms with E-state index < -0.39 is 26.3 Å². The quantitative estimate of drug-likeness (QED) is 0.809. The molecule has 1 aliphatic rings. The molecule has 0 saturated carbocycles.